The lowest BCUT2D eigenvalue weighted by atomic mass is 10.2. The number of phenolic OH excluding ortho intramolecular Hbond substituents is 1. The van der Waals surface area contributed by atoms with Crippen molar-refractivity contribution in [2.45, 2.75) is 39.3 Å². The third-order valence-electron chi connectivity index (χ3n) is 4.24. The highest BCUT2D eigenvalue weighted by atomic mass is 127. The fourth-order valence-electron chi connectivity index (χ4n) is 2.87. The number of ether oxygens (including phenoxy) is 1. The minimum atomic E-state index is 0. The van der Waals surface area contributed by atoms with Gasteiger partial charge >= 0.3 is 0 Å². The first-order chi connectivity index (χ1) is 12.1. The summed E-state index contributed by atoms with van der Waals surface area (Å²) in [5.41, 5.74) is 0.700. The Labute approximate surface area is 172 Å². The number of nitrogens with zero attached hydrogens (tertiary/aromatic N) is 2. The number of guanidine groups is 1. The molecular weight excluding hydrogens is 447 g/mol. The molecule has 1 aromatic rings. The molecule has 8 heteroatoms. The summed E-state index contributed by atoms with van der Waals surface area (Å²) in [6.45, 7) is 6.43. The fourth-order valence-corrected chi connectivity index (χ4v) is 2.87. The Kier molecular flexibility index (Phi) is 9.53. The Balaban J connectivity index is 0.00000338. The number of nitrogens with one attached hydrogen (secondary N) is 2. The Morgan fingerprint density at radius 1 is 1.42 bits per heavy atom. The summed E-state index contributed by atoms with van der Waals surface area (Å²) >= 11 is 0. The maximum atomic E-state index is 11.8. The van der Waals surface area contributed by atoms with Gasteiger partial charge in [0.2, 0.25) is 5.91 Å². The first kappa shape index (κ1) is 22.3. The molecule has 3 N–H and O–H groups in total. The molecule has 146 valence electrons. The Morgan fingerprint density at radius 2 is 2.19 bits per heavy atom. The number of benzene rings is 1. The highest BCUT2D eigenvalue weighted by Crippen LogP contribution is 2.29. The van der Waals surface area contributed by atoms with Crippen LogP contribution in [0.2, 0.25) is 0 Å². The molecule has 1 fully saturated rings. The number of halogens is 1. The number of methoxy groups -OCH3 is 1. The molecule has 1 amide bonds. The Bertz CT molecular complexity index is 624. The highest BCUT2D eigenvalue weighted by molar-refractivity contribution is 14.0. The number of likely N-dealkylation sites (tertiary alicyclic amines) is 1. The Morgan fingerprint density at radius 3 is 2.85 bits per heavy atom. The SMILES string of the molecule is CCNC(=NCc1cccc(OC)c1O)NC1CCN(C(=O)CC)C1.I. The van der Waals surface area contributed by atoms with Gasteiger partial charge < -0.3 is 25.4 Å². The second-order valence-electron chi connectivity index (χ2n) is 5.99. The first-order valence-electron chi connectivity index (χ1n) is 8.76. The number of para-hydroxylation sites is 1. The maximum absolute atomic E-state index is 11.8. The van der Waals surface area contributed by atoms with Crippen LogP contribution in [0.4, 0.5) is 0 Å². The summed E-state index contributed by atoms with van der Waals surface area (Å²) < 4.78 is 5.13. The van der Waals surface area contributed by atoms with Crippen LogP contribution < -0.4 is 15.4 Å². The molecule has 0 aliphatic carbocycles. The minimum Gasteiger partial charge on any atom is -0.504 e. The molecule has 26 heavy (non-hydrogen) atoms. The summed E-state index contributed by atoms with van der Waals surface area (Å²) in [7, 11) is 1.52. The first-order valence-corrected chi connectivity index (χ1v) is 8.76. The van der Waals surface area contributed by atoms with Gasteiger partial charge in [-0.05, 0) is 19.4 Å². The smallest absolute Gasteiger partial charge is 0.222 e. The van der Waals surface area contributed by atoms with Crippen molar-refractivity contribution in [1.29, 1.82) is 0 Å². The monoisotopic (exact) mass is 476 g/mol. The molecule has 1 atom stereocenters. The number of aliphatic imine (C=N–C) groups is 1. The van der Waals surface area contributed by atoms with Crippen LogP contribution in [0.5, 0.6) is 11.5 Å². The van der Waals surface area contributed by atoms with Gasteiger partial charge in [-0.2, -0.15) is 0 Å². The molecule has 1 heterocycles. The zero-order valence-electron chi connectivity index (χ0n) is 15.6. The van der Waals surface area contributed by atoms with Gasteiger partial charge in [-0.15, -0.1) is 24.0 Å². The molecule has 1 aromatic carbocycles. The molecule has 0 spiro atoms. The Hall–Kier alpha value is -1.71. The van der Waals surface area contributed by atoms with Crippen molar-refractivity contribution in [1.82, 2.24) is 15.5 Å². The number of amides is 1. The molecule has 0 radical (unpaired) electrons. The van der Waals surface area contributed by atoms with Crippen molar-refractivity contribution < 1.29 is 14.6 Å². The third kappa shape index (κ3) is 5.93. The van der Waals surface area contributed by atoms with Crippen LogP contribution in [-0.4, -0.2) is 54.7 Å². The lowest BCUT2D eigenvalue weighted by Gasteiger charge is -2.18. The number of phenols is 1. The van der Waals surface area contributed by atoms with Crippen LogP contribution in [0, 0.1) is 0 Å². The molecule has 0 aromatic heterocycles. The normalized spacial score (nSPS) is 16.8. The zero-order chi connectivity index (χ0) is 18.2. The summed E-state index contributed by atoms with van der Waals surface area (Å²) in [6.07, 6.45) is 1.44. The summed E-state index contributed by atoms with van der Waals surface area (Å²) in [6, 6.07) is 5.55. The number of rotatable bonds is 6. The van der Waals surface area contributed by atoms with Gasteiger partial charge in [0, 0.05) is 37.7 Å². The summed E-state index contributed by atoms with van der Waals surface area (Å²) in [4.78, 5) is 18.2. The van der Waals surface area contributed by atoms with Crippen molar-refractivity contribution in [2.24, 2.45) is 4.99 Å². The predicted molar refractivity (Wildman–Crippen MR) is 113 cm³/mol. The van der Waals surface area contributed by atoms with E-state index < -0.39 is 0 Å². The van der Waals surface area contributed by atoms with Crippen LogP contribution in [0.25, 0.3) is 0 Å². The van der Waals surface area contributed by atoms with Crippen molar-refractivity contribution in [3.8, 4) is 11.5 Å². The molecular formula is C18H29IN4O3. The largest absolute Gasteiger partial charge is 0.504 e. The van der Waals surface area contributed by atoms with E-state index in [1.165, 1.54) is 7.11 Å². The average molecular weight is 476 g/mol. The summed E-state index contributed by atoms with van der Waals surface area (Å²) in [5, 5.41) is 16.7. The van der Waals surface area contributed by atoms with Crippen LogP contribution in [-0.2, 0) is 11.3 Å². The van der Waals surface area contributed by atoms with E-state index in [1.54, 1.807) is 6.07 Å². The molecule has 2 rings (SSSR count). The molecule has 1 aliphatic heterocycles. The van der Waals surface area contributed by atoms with Crippen molar-refractivity contribution in [3.63, 3.8) is 0 Å². The van der Waals surface area contributed by atoms with E-state index in [2.05, 4.69) is 15.6 Å². The van der Waals surface area contributed by atoms with E-state index in [0.717, 1.165) is 19.5 Å². The van der Waals surface area contributed by atoms with Gasteiger partial charge in [0.05, 0.1) is 13.7 Å². The van der Waals surface area contributed by atoms with Gasteiger partial charge in [0.25, 0.3) is 0 Å². The van der Waals surface area contributed by atoms with Crippen molar-refractivity contribution >= 4 is 35.8 Å². The van der Waals surface area contributed by atoms with E-state index in [0.29, 0.717) is 36.8 Å². The van der Waals surface area contributed by atoms with Gasteiger partial charge in [-0.25, -0.2) is 4.99 Å². The molecule has 7 nitrogen and oxygen atoms in total. The van der Waals surface area contributed by atoms with Gasteiger partial charge in [-0.3, -0.25) is 4.79 Å². The molecule has 1 saturated heterocycles. The molecule has 1 aliphatic rings. The quantitative estimate of drug-likeness (QED) is 0.333. The highest BCUT2D eigenvalue weighted by Gasteiger charge is 2.25. The van der Waals surface area contributed by atoms with Crippen LogP contribution >= 0.6 is 24.0 Å². The van der Waals surface area contributed by atoms with Gasteiger partial charge in [0.15, 0.2) is 17.5 Å². The van der Waals surface area contributed by atoms with Crippen LogP contribution in [0.15, 0.2) is 23.2 Å². The van der Waals surface area contributed by atoms with E-state index in [1.807, 2.05) is 30.9 Å². The van der Waals surface area contributed by atoms with E-state index >= 15 is 0 Å². The number of aromatic hydroxyl groups is 1. The lowest BCUT2D eigenvalue weighted by molar-refractivity contribution is -0.129. The van der Waals surface area contributed by atoms with Crippen molar-refractivity contribution in [2.75, 3.05) is 26.7 Å². The minimum absolute atomic E-state index is 0. The molecule has 0 saturated carbocycles. The topological polar surface area (TPSA) is 86.2 Å². The van der Waals surface area contributed by atoms with Crippen LogP contribution in [0.1, 0.15) is 32.3 Å². The second-order valence-corrected chi connectivity index (χ2v) is 5.99. The average Bonchev–Trinajstić information content (AvgIpc) is 3.08. The number of carbonyl (C=O) groups excluding carboxylic acids is 1. The third-order valence-corrected chi connectivity index (χ3v) is 4.24. The maximum Gasteiger partial charge on any atom is 0.222 e. The second kappa shape index (κ2) is 11.1. The van der Waals surface area contributed by atoms with E-state index in [9.17, 15) is 9.90 Å². The van der Waals surface area contributed by atoms with Crippen LogP contribution in [0.3, 0.4) is 0 Å². The molecule has 0 bridgehead atoms. The van der Waals surface area contributed by atoms with Gasteiger partial charge in [0.1, 0.15) is 0 Å². The number of hydrogen-bond acceptors (Lipinski definition) is 4. The fraction of sp³-hybridized carbons (Fsp3) is 0.556. The predicted octanol–water partition coefficient (Wildman–Crippen LogP) is 2.08. The number of carbonyl (C=O) groups is 1. The van der Waals surface area contributed by atoms with E-state index in [-0.39, 0.29) is 41.7 Å². The van der Waals surface area contributed by atoms with E-state index in [4.69, 9.17) is 4.74 Å². The zero-order valence-corrected chi connectivity index (χ0v) is 17.9. The standard InChI is InChI=1S/C18H28N4O3.HI/c1-4-16(23)22-10-9-14(12-22)21-18(19-5-2)20-11-13-7-6-8-15(25-3)17(13)24;/h6-8,14,24H,4-5,9-12H2,1-3H3,(H2,19,20,21);1H. The molecule has 1 unspecified atom stereocenters. The lowest BCUT2D eigenvalue weighted by Crippen LogP contribution is -2.45. The summed E-state index contributed by atoms with van der Waals surface area (Å²) in [5.74, 6) is 1.42. The number of hydrogen-bond donors (Lipinski definition) is 3. The van der Waals surface area contributed by atoms with Gasteiger partial charge in [-0.1, -0.05) is 19.1 Å². The van der Waals surface area contributed by atoms with Crippen molar-refractivity contribution in [3.05, 3.63) is 23.8 Å².